The third-order valence-electron chi connectivity index (χ3n) is 3.03. The van der Waals surface area contributed by atoms with E-state index >= 15 is 0 Å². The van der Waals surface area contributed by atoms with Crippen molar-refractivity contribution in [1.82, 2.24) is 10.6 Å². The van der Waals surface area contributed by atoms with Gasteiger partial charge in [0, 0.05) is 19.0 Å². The molecule has 1 rings (SSSR count). The Hall–Kier alpha value is -1.10. The molecule has 1 saturated carbocycles. The molecule has 0 bridgehead atoms. The van der Waals surface area contributed by atoms with Gasteiger partial charge in [-0.3, -0.25) is 9.59 Å². The van der Waals surface area contributed by atoms with Crippen LogP contribution in [0.5, 0.6) is 0 Å². The third kappa shape index (κ3) is 6.59. The first-order valence-electron chi connectivity index (χ1n) is 6.96. The molecular formula is C13H25N3O2. The molecule has 0 unspecified atom stereocenters. The highest BCUT2D eigenvalue weighted by molar-refractivity contribution is 5.81. The second-order valence-electron chi connectivity index (χ2n) is 4.99. The molecule has 0 saturated heterocycles. The molecule has 5 heteroatoms. The summed E-state index contributed by atoms with van der Waals surface area (Å²) in [4.78, 5) is 22.9. The van der Waals surface area contributed by atoms with E-state index in [-0.39, 0.29) is 11.8 Å². The lowest BCUT2D eigenvalue weighted by molar-refractivity contribution is -0.123. The van der Waals surface area contributed by atoms with Gasteiger partial charge in [0.2, 0.25) is 11.8 Å². The molecule has 0 aromatic carbocycles. The molecule has 18 heavy (non-hydrogen) atoms. The SMILES string of the molecule is CCCC[C@H](N)C(=O)NCCCC(=O)NC1CC1. The summed E-state index contributed by atoms with van der Waals surface area (Å²) in [7, 11) is 0. The molecule has 0 aromatic rings. The number of nitrogens with two attached hydrogens (primary N) is 1. The molecule has 104 valence electrons. The van der Waals surface area contributed by atoms with Crippen LogP contribution in [-0.4, -0.2) is 30.4 Å². The van der Waals surface area contributed by atoms with Crippen molar-refractivity contribution in [1.29, 1.82) is 0 Å². The molecule has 0 aromatic heterocycles. The molecule has 1 aliphatic rings. The summed E-state index contributed by atoms with van der Waals surface area (Å²) in [5.74, 6) is -0.0203. The summed E-state index contributed by atoms with van der Waals surface area (Å²) < 4.78 is 0. The molecule has 0 spiro atoms. The summed E-state index contributed by atoms with van der Waals surface area (Å²) in [6, 6.07) is -0.000187. The Morgan fingerprint density at radius 3 is 2.67 bits per heavy atom. The minimum absolute atomic E-state index is 0.0852. The number of hydrogen-bond donors (Lipinski definition) is 3. The summed E-state index contributed by atoms with van der Waals surface area (Å²) in [5.41, 5.74) is 5.73. The van der Waals surface area contributed by atoms with Crippen LogP contribution in [0, 0.1) is 0 Å². The predicted octanol–water partition coefficient (Wildman–Crippen LogP) is 0.679. The highest BCUT2D eigenvalue weighted by Gasteiger charge is 2.22. The zero-order valence-corrected chi connectivity index (χ0v) is 11.2. The lowest BCUT2D eigenvalue weighted by atomic mass is 10.1. The molecule has 2 amide bonds. The summed E-state index contributed by atoms with van der Waals surface area (Å²) >= 11 is 0. The van der Waals surface area contributed by atoms with Gasteiger partial charge in [-0.15, -0.1) is 0 Å². The van der Waals surface area contributed by atoms with Crippen LogP contribution in [0.3, 0.4) is 0 Å². The van der Waals surface area contributed by atoms with E-state index in [0.29, 0.717) is 25.4 Å². The van der Waals surface area contributed by atoms with E-state index in [1.165, 1.54) is 0 Å². The van der Waals surface area contributed by atoms with Crippen molar-refractivity contribution in [2.24, 2.45) is 5.73 Å². The topological polar surface area (TPSA) is 84.2 Å². The molecular weight excluding hydrogens is 230 g/mol. The average Bonchev–Trinajstić information content (AvgIpc) is 3.15. The Kier molecular flexibility index (Phi) is 6.72. The normalized spacial score (nSPS) is 16.1. The Labute approximate surface area is 109 Å². The average molecular weight is 255 g/mol. The number of carbonyl (C=O) groups is 2. The largest absolute Gasteiger partial charge is 0.355 e. The first-order valence-corrected chi connectivity index (χ1v) is 6.96. The van der Waals surface area contributed by atoms with Gasteiger partial charge in [-0.1, -0.05) is 19.8 Å². The van der Waals surface area contributed by atoms with Crippen molar-refractivity contribution in [3.05, 3.63) is 0 Å². The van der Waals surface area contributed by atoms with Gasteiger partial charge in [0.05, 0.1) is 6.04 Å². The van der Waals surface area contributed by atoms with Crippen molar-refractivity contribution < 1.29 is 9.59 Å². The molecule has 5 nitrogen and oxygen atoms in total. The van der Waals surface area contributed by atoms with Crippen molar-refractivity contribution in [2.75, 3.05) is 6.54 Å². The minimum atomic E-state index is -0.412. The van der Waals surface area contributed by atoms with Crippen LogP contribution in [0.1, 0.15) is 51.9 Å². The van der Waals surface area contributed by atoms with Crippen LogP contribution in [0.2, 0.25) is 0 Å². The standard InChI is InChI=1S/C13H25N3O2/c1-2-3-5-11(14)13(18)15-9-4-6-12(17)16-10-7-8-10/h10-11H,2-9,14H2,1H3,(H,15,18)(H,16,17)/t11-/m0/s1. The lowest BCUT2D eigenvalue weighted by Crippen LogP contribution is -2.41. The first kappa shape index (κ1) is 15.0. The summed E-state index contributed by atoms with van der Waals surface area (Å²) in [6.07, 6.45) is 6.10. The van der Waals surface area contributed by atoms with Gasteiger partial charge in [-0.25, -0.2) is 0 Å². The summed E-state index contributed by atoms with van der Waals surface area (Å²) in [6.45, 7) is 2.60. The van der Waals surface area contributed by atoms with Gasteiger partial charge in [0.1, 0.15) is 0 Å². The number of unbranched alkanes of at least 4 members (excludes halogenated alkanes) is 1. The predicted molar refractivity (Wildman–Crippen MR) is 70.9 cm³/mol. The quantitative estimate of drug-likeness (QED) is 0.530. The molecule has 4 N–H and O–H groups in total. The van der Waals surface area contributed by atoms with Gasteiger partial charge in [0.15, 0.2) is 0 Å². The molecule has 1 atom stereocenters. The van der Waals surface area contributed by atoms with E-state index in [1.807, 2.05) is 0 Å². The fraction of sp³-hybridized carbons (Fsp3) is 0.846. The number of hydrogen-bond acceptors (Lipinski definition) is 3. The van der Waals surface area contributed by atoms with Crippen LogP contribution in [0.15, 0.2) is 0 Å². The van der Waals surface area contributed by atoms with Crippen molar-refractivity contribution in [3.63, 3.8) is 0 Å². The van der Waals surface area contributed by atoms with E-state index in [1.54, 1.807) is 0 Å². The third-order valence-corrected chi connectivity index (χ3v) is 3.03. The van der Waals surface area contributed by atoms with Crippen LogP contribution < -0.4 is 16.4 Å². The molecule has 0 radical (unpaired) electrons. The highest BCUT2D eigenvalue weighted by Crippen LogP contribution is 2.18. The maximum absolute atomic E-state index is 11.5. The minimum Gasteiger partial charge on any atom is -0.355 e. The van der Waals surface area contributed by atoms with Crippen LogP contribution in [0.4, 0.5) is 0 Å². The second-order valence-corrected chi connectivity index (χ2v) is 4.99. The number of rotatable bonds is 9. The summed E-state index contributed by atoms with van der Waals surface area (Å²) in [5, 5.41) is 5.69. The number of amides is 2. The smallest absolute Gasteiger partial charge is 0.236 e. The Morgan fingerprint density at radius 2 is 2.06 bits per heavy atom. The molecule has 0 heterocycles. The van der Waals surface area contributed by atoms with Crippen molar-refractivity contribution in [3.8, 4) is 0 Å². The van der Waals surface area contributed by atoms with E-state index < -0.39 is 6.04 Å². The zero-order valence-electron chi connectivity index (χ0n) is 11.2. The van der Waals surface area contributed by atoms with E-state index in [2.05, 4.69) is 17.6 Å². The molecule has 0 aliphatic heterocycles. The fourth-order valence-electron chi connectivity index (χ4n) is 1.67. The number of nitrogens with one attached hydrogen (secondary N) is 2. The second kappa shape index (κ2) is 8.08. The van der Waals surface area contributed by atoms with Gasteiger partial charge < -0.3 is 16.4 Å². The van der Waals surface area contributed by atoms with Crippen LogP contribution in [-0.2, 0) is 9.59 Å². The van der Waals surface area contributed by atoms with Gasteiger partial charge >= 0.3 is 0 Å². The van der Waals surface area contributed by atoms with Gasteiger partial charge in [0.25, 0.3) is 0 Å². The maximum Gasteiger partial charge on any atom is 0.236 e. The van der Waals surface area contributed by atoms with Crippen LogP contribution >= 0.6 is 0 Å². The van der Waals surface area contributed by atoms with E-state index in [0.717, 1.165) is 32.1 Å². The van der Waals surface area contributed by atoms with Crippen molar-refractivity contribution in [2.45, 2.75) is 64.0 Å². The fourth-order valence-corrected chi connectivity index (χ4v) is 1.67. The maximum atomic E-state index is 11.5. The number of carbonyl (C=O) groups excluding carboxylic acids is 2. The first-order chi connectivity index (χ1) is 8.63. The van der Waals surface area contributed by atoms with Crippen molar-refractivity contribution >= 4 is 11.8 Å². The molecule has 1 fully saturated rings. The highest BCUT2D eigenvalue weighted by atomic mass is 16.2. The lowest BCUT2D eigenvalue weighted by Gasteiger charge is -2.11. The van der Waals surface area contributed by atoms with E-state index in [4.69, 9.17) is 5.73 Å². The Bertz CT molecular complexity index is 277. The monoisotopic (exact) mass is 255 g/mol. The van der Waals surface area contributed by atoms with Crippen LogP contribution in [0.25, 0.3) is 0 Å². The Morgan fingerprint density at radius 1 is 1.33 bits per heavy atom. The Balaban J connectivity index is 1.98. The van der Waals surface area contributed by atoms with Gasteiger partial charge in [-0.05, 0) is 25.7 Å². The van der Waals surface area contributed by atoms with E-state index in [9.17, 15) is 9.59 Å². The van der Waals surface area contributed by atoms with Gasteiger partial charge in [-0.2, -0.15) is 0 Å². The molecule has 1 aliphatic carbocycles. The zero-order chi connectivity index (χ0) is 13.4.